The Balaban J connectivity index is 0.00000341. The standard InChI is InChI=1S/C20H25FN6O2S.HI/c1-3-22-20(23-10-9-19-26-25-18-6-4-5-11-27(18)19)24-13-16-12-17(21)8-7-15(16)14-30(2,28)29;/h4-8,11-12H,3,9-10,13-14H2,1-2H3,(H2,22,23,24);1H. The highest BCUT2D eigenvalue weighted by atomic mass is 127. The fraction of sp³-hybridized carbons (Fsp3) is 0.350. The molecule has 0 unspecified atom stereocenters. The number of nitrogens with one attached hydrogen (secondary N) is 2. The van der Waals surface area contributed by atoms with E-state index in [1.165, 1.54) is 18.2 Å². The Hall–Kier alpha value is -2.28. The monoisotopic (exact) mass is 560 g/mol. The number of hydrogen-bond donors (Lipinski definition) is 2. The van der Waals surface area contributed by atoms with Crippen LogP contribution in [0.2, 0.25) is 0 Å². The minimum absolute atomic E-state index is 0. The lowest BCUT2D eigenvalue weighted by molar-refractivity contribution is 0.600. The van der Waals surface area contributed by atoms with Gasteiger partial charge in [0, 0.05) is 32.0 Å². The first kappa shape index (κ1) is 25.0. The molecule has 0 aliphatic heterocycles. The molecular weight excluding hydrogens is 534 g/mol. The van der Waals surface area contributed by atoms with Crippen molar-refractivity contribution in [3.8, 4) is 0 Å². The minimum atomic E-state index is -3.24. The number of rotatable bonds is 8. The minimum Gasteiger partial charge on any atom is -0.357 e. The number of aromatic nitrogens is 3. The summed E-state index contributed by atoms with van der Waals surface area (Å²) in [5.41, 5.74) is 1.88. The number of fused-ring (bicyclic) bond motifs is 1. The van der Waals surface area contributed by atoms with Crippen LogP contribution in [0, 0.1) is 5.82 Å². The molecule has 0 saturated heterocycles. The SMILES string of the molecule is CCNC(=NCc1cc(F)ccc1CS(C)(=O)=O)NCCc1nnc2ccccn12.I. The van der Waals surface area contributed by atoms with Gasteiger partial charge in [-0.2, -0.15) is 0 Å². The van der Waals surface area contributed by atoms with Crippen molar-refractivity contribution < 1.29 is 12.8 Å². The molecule has 0 radical (unpaired) electrons. The van der Waals surface area contributed by atoms with Gasteiger partial charge in [-0.25, -0.2) is 17.8 Å². The maximum absolute atomic E-state index is 13.7. The van der Waals surface area contributed by atoms with Crippen LogP contribution in [0.15, 0.2) is 47.6 Å². The number of hydrogen-bond acceptors (Lipinski definition) is 5. The Labute approximate surface area is 198 Å². The quantitative estimate of drug-likeness (QED) is 0.249. The molecule has 3 rings (SSSR count). The van der Waals surface area contributed by atoms with Gasteiger partial charge in [-0.15, -0.1) is 34.2 Å². The summed E-state index contributed by atoms with van der Waals surface area (Å²) in [7, 11) is -3.24. The van der Waals surface area contributed by atoms with Crippen molar-refractivity contribution in [2.75, 3.05) is 19.3 Å². The van der Waals surface area contributed by atoms with Crippen molar-refractivity contribution in [1.82, 2.24) is 25.2 Å². The molecule has 0 bridgehead atoms. The van der Waals surface area contributed by atoms with Gasteiger partial charge in [0.25, 0.3) is 0 Å². The largest absolute Gasteiger partial charge is 0.357 e. The molecule has 0 spiro atoms. The zero-order chi connectivity index (χ0) is 21.6. The number of benzene rings is 1. The summed E-state index contributed by atoms with van der Waals surface area (Å²) < 4.78 is 38.9. The fourth-order valence-electron chi connectivity index (χ4n) is 3.03. The molecule has 1 aromatic carbocycles. The van der Waals surface area contributed by atoms with Crippen molar-refractivity contribution in [3.05, 3.63) is 65.4 Å². The van der Waals surface area contributed by atoms with Crippen LogP contribution in [0.1, 0.15) is 23.9 Å². The maximum atomic E-state index is 13.7. The molecule has 31 heavy (non-hydrogen) atoms. The van der Waals surface area contributed by atoms with Crippen LogP contribution in [0.25, 0.3) is 5.65 Å². The van der Waals surface area contributed by atoms with E-state index in [1.54, 1.807) is 0 Å². The normalized spacial score (nSPS) is 11.9. The molecule has 3 aromatic rings. The molecule has 0 aliphatic carbocycles. The third kappa shape index (κ3) is 7.42. The summed E-state index contributed by atoms with van der Waals surface area (Å²) in [6.45, 7) is 3.33. The van der Waals surface area contributed by atoms with Crippen molar-refractivity contribution in [3.63, 3.8) is 0 Å². The second-order valence-electron chi connectivity index (χ2n) is 6.90. The first-order chi connectivity index (χ1) is 14.4. The molecule has 2 heterocycles. The summed E-state index contributed by atoms with van der Waals surface area (Å²) in [5.74, 6) is 0.812. The number of pyridine rings is 1. The van der Waals surface area contributed by atoms with Gasteiger partial charge in [0.05, 0.1) is 12.3 Å². The third-order valence-electron chi connectivity index (χ3n) is 4.36. The Bertz CT molecular complexity index is 1150. The maximum Gasteiger partial charge on any atom is 0.191 e. The highest BCUT2D eigenvalue weighted by molar-refractivity contribution is 14.0. The molecule has 0 fully saturated rings. The first-order valence-electron chi connectivity index (χ1n) is 9.61. The van der Waals surface area contributed by atoms with Crippen LogP contribution in [0.3, 0.4) is 0 Å². The molecule has 0 saturated carbocycles. The fourth-order valence-corrected chi connectivity index (χ4v) is 3.87. The predicted molar refractivity (Wildman–Crippen MR) is 130 cm³/mol. The first-order valence-corrected chi connectivity index (χ1v) is 11.7. The van der Waals surface area contributed by atoms with Crippen LogP contribution < -0.4 is 10.6 Å². The molecule has 0 aliphatic rings. The predicted octanol–water partition coefficient (Wildman–Crippen LogP) is 2.33. The van der Waals surface area contributed by atoms with E-state index in [0.29, 0.717) is 36.6 Å². The van der Waals surface area contributed by atoms with Gasteiger partial charge in [0.1, 0.15) is 11.6 Å². The van der Waals surface area contributed by atoms with Gasteiger partial charge in [-0.05, 0) is 42.3 Å². The van der Waals surface area contributed by atoms with Gasteiger partial charge in [-0.1, -0.05) is 12.1 Å². The second kappa shape index (κ2) is 11.4. The Morgan fingerprint density at radius 1 is 1.16 bits per heavy atom. The van der Waals surface area contributed by atoms with E-state index in [4.69, 9.17) is 0 Å². The van der Waals surface area contributed by atoms with Crippen LogP contribution in [-0.4, -0.2) is 48.3 Å². The Kier molecular flexibility index (Phi) is 9.16. The van der Waals surface area contributed by atoms with E-state index < -0.39 is 15.7 Å². The summed E-state index contributed by atoms with van der Waals surface area (Å²) in [4.78, 5) is 4.49. The number of halogens is 2. The Morgan fingerprint density at radius 3 is 2.71 bits per heavy atom. The number of nitrogens with zero attached hydrogens (tertiary/aromatic N) is 4. The van der Waals surface area contributed by atoms with E-state index in [2.05, 4.69) is 25.8 Å². The van der Waals surface area contributed by atoms with Crippen molar-refractivity contribution in [2.45, 2.75) is 25.6 Å². The lowest BCUT2D eigenvalue weighted by Crippen LogP contribution is -2.38. The van der Waals surface area contributed by atoms with E-state index in [1.807, 2.05) is 35.7 Å². The van der Waals surface area contributed by atoms with Gasteiger partial charge >= 0.3 is 0 Å². The van der Waals surface area contributed by atoms with Gasteiger partial charge in [0.15, 0.2) is 21.4 Å². The molecule has 2 N–H and O–H groups in total. The molecule has 168 valence electrons. The van der Waals surface area contributed by atoms with E-state index in [-0.39, 0.29) is 36.3 Å². The second-order valence-corrected chi connectivity index (χ2v) is 9.04. The average molecular weight is 560 g/mol. The van der Waals surface area contributed by atoms with E-state index >= 15 is 0 Å². The van der Waals surface area contributed by atoms with Gasteiger partial charge < -0.3 is 10.6 Å². The molecule has 0 atom stereocenters. The summed E-state index contributed by atoms with van der Waals surface area (Å²) in [5, 5.41) is 14.7. The highest BCUT2D eigenvalue weighted by Gasteiger charge is 2.11. The van der Waals surface area contributed by atoms with Crippen molar-refractivity contribution >= 4 is 45.4 Å². The van der Waals surface area contributed by atoms with Crippen LogP contribution in [-0.2, 0) is 28.6 Å². The average Bonchev–Trinajstić information content (AvgIpc) is 3.10. The Morgan fingerprint density at radius 2 is 1.97 bits per heavy atom. The summed E-state index contributed by atoms with van der Waals surface area (Å²) in [6.07, 6.45) is 3.70. The number of sulfone groups is 1. The number of aliphatic imine (C=N–C) groups is 1. The van der Waals surface area contributed by atoms with E-state index in [0.717, 1.165) is 17.7 Å². The van der Waals surface area contributed by atoms with Crippen molar-refractivity contribution in [1.29, 1.82) is 0 Å². The summed E-state index contributed by atoms with van der Waals surface area (Å²) in [6, 6.07) is 9.81. The van der Waals surface area contributed by atoms with Crippen LogP contribution in [0.5, 0.6) is 0 Å². The number of guanidine groups is 1. The lowest BCUT2D eigenvalue weighted by atomic mass is 10.1. The van der Waals surface area contributed by atoms with Gasteiger partial charge in [-0.3, -0.25) is 4.40 Å². The molecule has 2 aromatic heterocycles. The zero-order valence-corrected chi connectivity index (χ0v) is 20.5. The molecule has 0 amide bonds. The van der Waals surface area contributed by atoms with Crippen LogP contribution >= 0.6 is 24.0 Å². The molecule has 8 nitrogen and oxygen atoms in total. The molecule has 11 heteroatoms. The topological polar surface area (TPSA) is 101 Å². The zero-order valence-electron chi connectivity index (χ0n) is 17.4. The van der Waals surface area contributed by atoms with E-state index in [9.17, 15) is 12.8 Å². The third-order valence-corrected chi connectivity index (χ3v) is 5.20. The summed E-state index contributed by atoms with van der Waals surface area (Å²) >= 11 is 0. The smallest absolute Gasteiger partial charge is 0.191 e. The van der Waals surface area contributed by atoms with Crippen LogP contribution in [0.4, 0.5) is 4.39 Å². The highest BCUT2D eigenvalue weighted by Crippen LogP contribution is 2.15. The molecular formula is C20H26FIN6O2S. The van der Waals surface area contributed by atoms with Gasteiger partial charge in [0.2, 0.25) is 0 Å². The van der Waals surface area contributed by atoms with Crippen molar-refractivity contribution in [2.24, 2.45) is 4.99 Å². The lowest BCUT2D eigenvalue weighted by Gasteiger charge is -2.12.